The van der Waals surface area contributed by atoms with E-state index in [9.17, 15) is 4.39 Å². The Balaban J connectivity index is 1.99. The monoisotopic (exact) mass is 261 g/mol. The van der Waals surface area contributed by atoms with Crippen LogP contribution in [0.15, 0.2) is 35.9 Å². The third kappa shape index (κ3) is 4.46. The van der Waals surface area contributed by atoms with Crippen molar-refractivity contribution in [1.82, 2.24) is 5.32 Å². The number of hydrogen-bond acceptors (Lipinski definition) is 1. The zero-order valence-corrected chi connectivity index (χ0v) is 11.8. The largest absolute Gasteiger partial charge is 0.314 e. The van der Waals surface area contributed by atoms with Gasteiger partial charge in [0.15, 0.2) is 0 Å². The molecule has 0 saturated heterocycles. The maximum atomic E-state index is 13.7. The first-order chi connectivity index (χ1) is 9.29. The molecule has 0 fully saturated rings. The fraction of sp³-hybridized carbons (Fsp3) is 0.529. The maximum absolute atomic E-state index is 13.7. The number of allylic oxidation sites excluding steroid dienone is 1. The molecule has 0 radical (unpaired) electrons. The van der Waals surface area contributed by atoms with Crippen molar-refractivity contribution >= 4 is 0 Å². The average molecular weight is 261 g/mol. The zero-order valence-electron chi connectivity index (χ0n) is 11.8. The SMILES string of the molecule is CCNC(CC1=CCCCC1)Cc1ccccc1F. The molecule has 0 spiro atoms. The van der Waals surface area contributed by atoms with Gasteiger partial charge >= 0.3 is 0 Å². The van der Waals surface area contributed by atoms with Crippen LogP contribution in [0.5, 0.6) is 0 Å². The minimum Gasteiger partial charge on any atom is -0.314 e. The first kappa shape index (κ1) is 14.3. The summed E-state index contributed by atoms with van der Waals surface area (Å²) in [6.07, 6.45) is 9.29. The first-order valence-corrected chi connectivity index (χ1v) is 7.44. The molecule has 0 aliphatic heterocycles. The van der Waals surface area contributed by atoms with E-state index in [2.05, 4.69) is 18.3 Å². The molecule has 1 aliphatic rings. The Morgan fingerprint density at radius 3 is 2.74 bits per heavy atom. The zero-order chi connectivity index (χ0) is 13.5. The third-order valence-corrected chi connectivity index (χ3v) is 3.81. The van der Waals surface area contributed by atoms with E-state index in [0.29, 0.717) is 6.04 Å². The number of rotatable bonds is 6. The molecule has 2 heteroatoms. The van der Waals surface area contributed by atoms with Crippen molar-refractivity contribution in [3.05, 3.63) is 47.3 Å². The molecule has 1 N–H and O–H groups in total. The highest BCUT2D eigenvalue weighted by molar-refractivity contribution is 5.19. The van der Waals surface area contributed by atoms with Gasteiger partial charge in [0.05, 0.1) is 0 Å². The van der Waals surface area contributed by atoms with Gasteiger partial charge in [-0.2, -0.15) is 0 Å². The van der Waals surface area contributed by atoms with Gasteiger partial charge in [0.2, 0.25) is 0 Å². The van der Waals surface area contributed by atoms with Gasteiger partial charge in [0, 0.05) is 6.04 Å². The Kier molecular flexibility index (Phi) is 5.59. The van der Waals surface area contributed by atoms with Crippen LogP contribution in [0.4, 0.5) is 4.39 Å². The third-order valence-electron chi connectivity index (χ3n) is 3.81. The fourth-order valence-electron chi connectivity index (χ4n) is 2.84. The van der Waals surface area contributed by atoms with Crippen molar-refractivity contribution in [3.63, 3.8) is 0 Å². The van der Waals surface area contributed by atoms with Crippen LogP contribution in [0.2, 0.25) is 0 Å². The van der Waals surface area contributed by atoms with Crippen molar-refractivity contribution in [2.24, 2.45) is 0 Å². The normalized spacial score (nSPS) is 17.1. The molecule has 1 unspecified atom stereocenters. The summed E-state index contributed by atoms with van der Waals surface area (Å²) in [5, 5.41) is 3.50. The fourth-order valence-corrected chi connectivity index (χ4v) is 2.84. The van der Waals surface area contributed by atoms with Crippen LogP contribution >= 0.6 is 0 Å². The van der Waals surface area contributed by atoms with Gasteiger partial charge in [-0.25, -0.2) is 4.39 Å². The molecule has 19 heavy (non-hydrogen) atoms. The predicted molar refractivity (Wildman–Crippen MR) is 78.7 cm³/mol. The number of nitrogens with one attached hydrogen (secondary N) is 1. The van der Waals surface area contributed by atoms with Crippen LogP contribution in [-0.2, 0) is 6.42 Å². The van der Waals surface area contributed by atoms with E-state index < -0.39 is 0 Å². The number of halogens is 1. The molecule has 104 valence electrons. The minimum atomic E-state index is -0.0805. The summed E-state index contributed by atoms with van der Waals surface area (Å²) in [4.78, 5) is 0. The quantitative estimate of drug-likeness (QED) is 0.755. The minimum absolute atomic E-state index is 0.0805. The molecule has 1 atom stereocenters. The first-order valence-electron chi connectivity index (χ1n) is 7.44. The second-order valence-corrected chi connectivity index (χ2v) is 5.36. The van der Waals surface area contributed by atoms with E-state index in [1.54, 1.807) is 17.7 Å². The standard InChI is InChI=1S/C17H24FN/c1-2-19-16(12-14-8-4-3-5-9-14)13-15-10-6-7-11-17(15)18/h6-8,10-11,16,19H,2-5,9,12-13H2,1H3. The van der Waals surface area contributed by atoms with Crippen molar-refractivity contribution in [3.8, 4) is 0 Å². The summed E-state index contributed by atoms with van der Waals surface area (Å²) in [5.41, 5.74) is 2.37. The van der Waals surface area contributed by atoms with Crippen LogP contribution in [0.1, 0.15) is 44.6 Å². The number of benzene rings is 1. The summed E-state index contributed by atoms with van der Waals surface area (Å²) in [5.74, 6) is -0.0805. The topological polar surface area (TPSA) is 12.0 Å². The molecule has 0 aromatic heterocycles. The molecule has 0 saturated carbocycles. The molecular formula is C17H24FN. The van der Waals surface area contributed by atoms with E-state index >= 15 is 0 Å². The highest BCUT2D eigenvalue weighted by Crippen LogP contribution is 2.23. The van der Waals surface area contributed by atoms with E-state index in [-0.39, 0.29) is 5.82 Å². The summed E-state index contributed by atoms with van der Waals surface area (Å²) in [7, 11) is 0. The Morgan fingerprint density at radius 2 is 2.05 bits per heavy atom. The van der Waals surface area contributed by atoms with E-state index in [4.69, 9.17) is 0 Å². The Labute approximate surface area is 115 Å². The Morgan fingerprint density at radius 1 is 1.21 bits per heavy atom. The van der Waals surface area contributed by atoms with Crippen molar-refractivity contribution in [2.45, 2.75) is 51.5 Å². The molecule has 2 rings (SSSR count). The van der Waals surface area contributed by atoms with Crippen LogP contribution in [0, 0.1) is 5.82 Å². The molecular weight excluding hydrogens is 237 g/mol. The molecule has 1 nitrogen and oxygen atoms in total. The van der Waals surface area contributed by atoms with Crippen molar-refractivity contribution in [2.75, 3.05) is 6.54 Å². The molecule has 0 heterocycles. The Hall–Kier alpha value is -1.15. The lowest BCUT2D eigenvalue weighted by Crippen LogP contribution is -2.32. The molecule has 1 aromatic rings. The molecule has 1 aromatic carbocycles. The van der Waals surface area contributed by atoms with Crippen LogP contribution in [0.3, 0.4) is 0 Å². The van der Waals surface area contributed by atoms with Gasteiger partial charge in [-0.3, -0.25) is 0 Å². The second-order valence-electron chi connectivity index (χ2n) is 5.36. The maximum Gasteiger partial charge on any atom is 0.126 e. The van der Waals surface area contributed by atoms with Gasteiger partial charge in [0.1, 0.15) is 5.82 Å². The molecule has 0 amide bonds. The van der Waals surface area contributed by atoms with Gasteiger partial charge < -0.3 is 5.32 Å². The van der Waals surface area contributed by atoms with Crippen molar-refractivity contribution in [1.29, 1.82) is 0 Å². The number of hydrogen-bond donors (Lipinski definition) is 1. The van der Waals surface area contributed by atoms with Crippen molar-refractivity contribution < 1.29 is 4.39 Å². The summed E-state index contributed by atoms with van der Waals surface area (Å²) in [6.45, 7) is 3.05. The summed E-state index contributed by atoms with van der Waals surface area (Å²) in [6, 6.07) is 7.48. The lowest BCUT2D eigenvalue weighted by Gasteiger charge is -2.22. The van der Waals surface area contributed by atoms with Gasteiger partial charge in [0.25, 0.3) is 0 Å². The van der Waals surface area contributed by atoms with Gasteiger partial charge in [-0.15, -0.1) is 0 Å². The van der Waals surface area contributed by atoms with Crippen LogP contribution in [-0.4, -0.2) is 12.6 Å². The Bertz CT molecular complexity index is 425. The van der Waals surface area contributed by atoms with Gasteiger partial charge in [-0.05, 0) is 56.7 Å². The number of likely N-dealkylation sites (N-methyl/N-ethyl adjacent to an activating group) is 1. The smallest absolute Gasteiger partial charge is 0.126 e. The lowest BCUT2D eigenvalue weighted by molar-refractivity contribution is 0.492. The summed E-state index contributed by atoms with van der Waals surface area (Å²) < 4.78 is 13.7. The van der Waals surface area contributed by atoms with E-state index in [1.807, 2.05) is 12.1 Å². The second kappa shape index (κ2) is 7.44. The van der Waals surface area contributed by atoms with E-state index in [1.165, 1.54) is 25.7 Å². The highest BCUT2D eigenvalue weighted by Gasteiger charge is 2.14. The molecule has 0 bridgehead atoms. The average Bonchev–Trinajstić information content (AvgIpc) is 2.43. The summed E-state index contributed by atoms with van der Waals surface area (Å²) >= 11 is 0. The highest BCUT2D eigenvalue weighted by atomic mass is 19.1. The van der Waals surface area contributed by atoms with Crippen LogP contribution < -0.4 is 5.32 Å². The predicted octanol–water partition coefficient (Wildman–Crippen LogP) is 4.24. The van der Waals surface area contributed by atoms with Gasteiger partial charge in [-0.1, -0.05) is 36.8 Å². The van der Waals surface area contributed by atoms with Crippen LogP contribution in [0.25, 0.3) is 0 Å². The lowest BCUT2D eigenvalue weighted by atomic mass is 9.91. The molecule has 1 aliphatic carbocycles. The van der Waals surface area contributed by atoms with E-state index in [0.717, 1.165) is 24.9 Å².